The molecule has 20 heavy (non-hydrogen) atoms. The molecule has 8 heteroatoms. The van der Waals surface area contributed by atoms with Crippen LogP contribution in [-0.4, -0.2) is 15.9 Å². The largest absolute Gasteiger partial charge is 0.417 e. The van der Waals surface area contributed by atoms with Gasteiger partial charge in [-0.25, -0.2) is 4.39 Å². The maximum atomic E-state index is 13.0. The van der Waals surface area contributed by atoms with Crippen molar-refractivity contribution in [2.24, 2.45) is 0 Å². The van der Waals surface area contributed by atoms with Gasteiger partial charge in [-0.15, -0.1) is 0 Å². The molecule has 0 spiro atoms. The number of nitrogens with zero attached hydrogens (tertiary/aromatic N) is 2. The summed E-state index contributed by atoms with van der Waals surface area (Å²) in [6.07, 6.45) is -3.79. The van der Waals surface area contributed by atoms with Crippen molar-refractivity contribution in [1.29, 1.82) is 0 Å². The lowest BCUT2D eigenvalue weighted by molar-refractivity contribution is -0.137. The van der Waals surface area contributed by atoms with Crippen molar-refractivity contribution >= 4 is 16.7 Å². The number of rotatable bonds is 4. The van der Waals surface area contributed by atoms with Crippen LogP contribution in [0.4, 0.5) is 22.7 Å². The Morgan fingerprint density at radius 3 is 2.70 bits per heavy atom. The zero-order valence-electron chi connectivity index (χ0n) is 10.5. The fraction of sp³-hybridized carbons (Fsp3) is 0.333. The monoisotopic (exact) mass is 305 g/mol. The summed E-state index contributed by atoms with van der Waals surface area (Å²) < 4.78 is 55.6. The number of hydrogen-bond acceptors (Lipinski definition) is 4. The van der Waals surface area contributed by atoms with Crippen molar-refractivity contribution in [1.82, 2.24) is 9.36 Å². The number of aromatic nitrogens is 2. The van der Waals surface area contributed by atoms with Crippen LogP contribution in [0.15, 0.2) is 18.2 Å². The topological polar surface area (TPSA) is 37.8 Å². The maximum absolute atomic E-state index is 13.0. The highest BCUT2D eigenvalue weighted by Crippen LogP contribution is 2.37. The van der Waals surface area contributed by atoms with Gasteiger partial charge in [-0.05, 0) is 24.6 Å². The summed E-state index contributed by atoms with van der Waals surface area (Å²) in [7, 11) is 0. The Kier molecular flexibility index (Phi) is 4.22. The molecule has 0 fully saturated rings. The first-order valence-corrected chi connectivity index (χ1v) is 6.64. The SMILES string of the molecule is CCCNc1nc(-c2ccc(F)cc2C(F)(F)F)ns1. The molecule has 108 valence electrons. The normalized spacial score (nSPS) is 11.7. The van der Waals surface area contributed by atoms with E-state index in [1.807, 2.05) is 6.92 Å². The molecule has 3 nitrogen and oxygen atoms in total. The van der Waals surface area contributed by atoms with Crippen LogP contribution >= 0.6 is 11.5 Å². The standard InChI is InChI=1S/C12H11F4N3S/c1-2-5-17-11-18-10(19-20-11)8-4-3-7(13)6-9(8)12(14,15)16/h3-4,6H,2,5H2,1H3,(H,17,18,19). The number of nitrogens with one attached hydrogen (secondary N) is 1. The van der Waals surface area contributed by atoms with Crippen LogP contribution in [0, 0.1) is 5.82 Å². The van der Waals surface area contributed by atoms with Crippen molar-refractivity contribution in [3.63, 3.8) is 0 Å². The fourth-order valence-electron chi connectivity index (χ4n) is 1.58. The van der Waals surface area contributed by atoms with Gasteiger partial charge in [0.2, 0.25) is 5.13 Å². The molecular formula is C12H11F4N3S. The van der Waals surface area contributed by atoms with E-state index in [1.54, 1.807) is 0 Å². The molecule has 2 aromatic rings. The number of alkyl halides is 3. The molecular weight excluding hydrogens is 294 g/mol. The van der Waals surface area contributed by atoms with Gasteiger partial charge in [0.05, 0.1) is 5.56 Å². The average molecular weight is 305 g/mol. The summed E-state index contributed by atoms with van der Waals surface area (Å²) in [5, 5.41) is 3.39. The van der Waals surface area contributed by atoms with Gasteiger partial charge in [-0.2, -0.15) is 22.5 Å². The lowest BCUT2D eigenvalue weighted by Crippen LogP contribution is -2.08. The first-order valence-electron chi connectivity index (χ1n) is 5.86. The van der Waals surface area contributed by atoms with Crippen molar-refractivity contribution in [3.8, 4) is 11.4 Å². The predicted octanol–water partition coefficient (Wildman–Crippen LogP) is 4.18. The second kappa shape index (κ2) is 5.74. The van der Waals surface area contributed by atoms with Crippen LogP contribution in [0.1, 0.15) is 18.9 Å². The van der Waals surface area contributed by atoms with Gasteiger partial charge in [0.15, 0.2) is 5.82 Å². The lowest BCUT2D eigenvalue weighted by Gasteiger charge is -2.10. The van der Waals surface area contributed by atoms with E-state index in [-0.39, 0.29) is 11.4 Å². The molecule has 0 saturated heterocycles. The smallest absolute Gasteiger partial charge is 0.360 e. The molecule has 0 aliphatic carbocycles. The summed E-state index contributed by atoms with van der Waals surface area (Å²) in [6, 6.07) is 2.46. The first kappa shape index (κ1) is 14.7. The Morgan fingerprint density at radius 1 is 1.30 bits per heavy atom. The molecule has 0 aliphatic heterocycles. The third kappa shape index (κ3) is 3.24. The third-order valence-corrected chi connectivity index (χ3v) is 3.15. The minimum atomic E-state index is -4.65. The Labute approximate surface area is 116 Å². The molecule has 1 aromatic heterocycles. The van der Waals surface area contributed by atoms with E-state index >= 15 is 0 Å². The van der Waals surface area contributed by atoms with E-state index in [0.29, 0.717) is 17.7 Å². The van der Waals surface area contributed by atoms with E-state index in [0.717, 1.165) is 30.1 Å². The maximum Gasteiger partial charge on any atom is 0.417 e. The highest BCUT2D eigenvalue weighted by Gasteiger charge is 2.35. The summed E-state index contributed by atoms with van der Waals surface area (Å²) >= 11 is 0.975. The van der Waals surface area contributed by atoms with E-state index in [9.17, 15) is 17.6 Å². The molecule has 0 amide bonds. The average Bonchev–Trinajstić information content (AvgIpc) is 2.84. The van der Waals surface area contributed by atoms with Gasteiger partial charge in [0.1, 0.15) is 5.82 Å². The van der Waals surface area contributed by atoms with Crippen LogP contribution < -0.4 is 5.32 Å². The van der Waals surface area contributed by atoms with E-state index in [1.165, 1.54) is 0 Å². The quantitative estimate of drug-likeness (QED) is 0.861. The molecule has 1 N–H and O–H groups in total. The number of halogens is 4. The van der Waals surface area contributed by atoms with Gasteiger partial charge in [0, 0.05) is 23.6 Å². The highest BCUT2D eigenvalue weighted by molar-refractivity contribution is 7.09. The Balaban J connectivity index is 2.39. The zero-order valence-corrected chi connectivity index (χ0v) is 11.3. The van der Waals surface area contributed by atoms with E-state index in [4.69, 9.17) is 0 Å². The summed E-state index contributed by atoms with van der Waals surface area (Å²) in [5.74, 6) is -0.999. The number of hydrogen-bond donors (Lipinski definition) is 1. The van der Waals surface area contributed by atoms with Gasteiger partial charge >= 0.3 is 6.18 Å². The molecule has 1 heterocycles. The van der Waals surface area contributed by atoms with Gasteiger partial charge in [-0.1, -0.05) is 6.92 Å². The second-order valence-corrected chi connectivity index (χ2v) is 4.79. The van der Waals surface area contributed by atoms with Gasteiger partial charge < -0.3 is 5.32 Å². The molecule has 2 rings (SSSR count). The molecule has 0 saturated carbocycles. The third-order valence-electron chi connectivity index (χ3n) is 2.48. The molecule has 1 aromatic carbocycles. The van der Waals surface area contributed by atoms with Crippen molar-refractivity contribution in [2.45, 2.75) is 19.5 Å². The number of benzene rings is 1. The van der Waals surface area contributed by atoms with Crippen molar-refractivity contribution in [3.05, 3.63) is 29.6 Å². The molecule has 0 unspecified atom stereocenters. The lowest BCUT2D eigenvalue weighted by atomic mass is 10.1. The summed E-state index contributed by atoms with van der Waals surface area (Å²) in [4.78, 5) is 4.00. The molecule has 0 radical (unpaired) electrons. The Morgan fingerprint density at radius 2 is 2.05 bits per heavy atom. The van der Waals surface area contributed by atoms with Crippen molar-refractivity contribution in [2.75, 3.05) is 11.9 Å². The van der Waals surface area contributed by atoms with Crippen LogP contribution in [-0.2, 0) is 6.18 Å². The first-order chi connectivity index (χ1) is 9.41. The minimum Gasteiger partial charge on any atom is -0.360 e. The summed E-state index contributed by atoms with van der Waals surface area (Å²) in [5.41, 5.74) is -1.29. The van der Waals surface area contributed by atoms with Crippen LogP contribution in [0.25, 0.3) is 11.4 Å². The second-order valence-electron chi connectivity index (χ2n) is 4.04. The van der Waals surface area contributed by atoms with Crippen LogP contribution in [0.3, 0.4) is 0 Å². The minimum absolute atomic E-state index is 0.0547. The van der Waals surface area contributed by atoms with Gasteiger partial charge in [0.25, 0.3) is 0 Å². The molecule has 0 bridgehead atoms. The van der Waals surface area contributed by atoms with Crippen molar-refractivity contribution < 1.29 is 17.6 Å². The highest BCUT2D eigenvalue weighted by atomic mass is 32.1. The van der Waals surface area contributed by atoms with E-state index < -0.39 is 17.6 Å². The Hall–Kier alpha value is -1.70. The van der Waals surface area contributed by atoms with E-state index in [2.05, 4.69) is 14.7 Å². The van der Waals surface area contributed by atoms with Gasteiger partial charge in [-0.3, -0.25) is 0 Å². The number of anilines is 1. The zero-order chi connectivity index (χ0) is 14.8. The fourth-order valence-corrected chi connectivity index (χ4v) is 2.19. The van der Waals surface area contributed by atoms with Crippen LogP contribution in [0.5, 0.6) is 0 Å². The Bertz CT molecular complexity index is 595. The molecule has 0 aliphatic rings. The van der Waals surface area contributed by atoms with Crippen LogP contribution in [0.2, 0.25) is 0 Å². The molecule has 0 atom stereocenters. The predicted molar refractivity (Wildman–Crippen MR) is 69.1 cm³/mol. The summed E-state index contributed by atoms with van der Waals surface area (Å²) in [6.45, 7) is 2.61.